The van der Waals surface area contributed by atoms with Gasteiger partial charge in [0.2, 0.25) is 11.8 Å². The number of hydrogen-bond acceptors (Lipinski definition) is 4. The molecule has 6 nitrogen and oxygen atoms in total. The Balaban J connectivity index is 0.00000264. The van der Waals surface area contributed by atoms with Gasteiger partial charge in [-0.05, 0) is 25.7 Å². The highest BCUT2D eigenvalue weighted by Crippen LogP contribution is 2.32. The summed E-state index contributed by atoms with van der Waals surface area (Å²) in [5, 5.41) is 3.05. The maximum Gasteiger partial charge on any atom is 0.230 e. The van der Waals surface area contributed by atoms with E-state index in [1.54, 1.807) is 0 Å². The lowest BCUT2D eigenvalue weighted by Gasteiger charge is -2.42. The number of ether oxygens (including phenoxy) is 1. The third-order valence-electron chi connectivity index (χ3n) is 4.87. The molecule has 23 heavy (non-hydrogen) atoms. The number of likely N-dealkylation sites (tertiary alicyclic amines) is 1. The van der Waals surface area contributed by atoms with E-state index in [9.17, 15) is 9.59 Å². The maximum absolute atomic E-state index is 12.9. The van der Waals surface area contributed by atoms with Gasteiger partial charge in [-0.1, -0.05) is 13.8 Å². The number of amides is 2. The number of nitrogens with two attached hydrogens (primary N) is 1. The molecular formula is C16H30ClN3O3. The molecule has 2 heterocycles. The van der Waals surface area contributed by atoms with Crippen molar-refractivity contribution in [1.29, 1.82) is 0 Å². The normalized spacial score (nSPS) is 24.0. The molecule has 2 fully saturated rings. The number of rotatable bonds is 4. The van der Waals surface area contributed by atoms with Gasteiger partial charge in [0.25, 0.3) is 0 Å². The van der Waals surface area contributed by atoms with Gasteiger partial charge in [0.05, 0.1) is 5.41 Å². The number of nitrogens with zero attached hydrogens (tertiary/aromatic N) is 1. The second kappa shape index (κ2) is 8.85. The zero-order chi connectivity index (χ0) is 16.2. The molecule has 134 valence electrons. The topological polar surface area (TPSA) is 84.7 Å². The van der Waals surface area contributed by atoms with Gasteiger partial charge in [-0.3, -0.25) is 9.59 Å². The predicted octanol–water partition coefficient (Wildman–Crippen LogP) is 0.927. The van der Waals surface area contributed by atoms with Crippen molar-refractivity contribution >= 4 is 24.2 Å². The Bertz CT molecular complexity index is 411. The van der Waals surface area contributed by atoms with Crippen LogP contribution in [-0.4, -0.2) is 55.6 Å². The third-order valence-corrected chi connectivity index (χ3v) is 4.87. The molecule has 0 aliphatic carbocycles. The largest absolute Gasteiger partial charge is 0.381 e. The van der Waals surface area contributed by atoms with Gasteiger partial charge < -0.3 is 20.7 Å². The van der Waals surface area contributed by atoms with Crippen LogP contribution in [0, 0.1) is 11.3 Å². The highest BCUT2D eigenvalue weighted by atomic mass is 35.5. The summed E-state index contributed by atoms with van der Waals surface area (Å²) >= 11 is 0. The minimum atomic E-state index is -0.470. The smallest absolute Gasteiger partial charge is 0.230 e. The van der Waals surface area contributed by atoms with Gasteiger partial charge >= 0.3 is 0 Å². The fourth-order valence-corrected chi connectivity index (χ4v) is 3.25. The molecule has 0 saturated carbocycles. The lowest BCUT2D eigenvalue weighted by Crippen LogP contribution is -2.56. The van der Waals surface area contributed by atoms with E-state index < -0.39 is 5.41 Å². The molecule has 2 aliphatic heterocycles. The van der Waals surface area contributed by atoms with Gasteiger partial charge in [-0.2, -0.15) is 0 Å². The van der Waals surface area contributed by atoms with Crippen LogP contribution in [0.2, 0.25) is 0 Å². The minimum Gasteiger partial charge on any atom is -0.381 e. The van der Waals surface area contributed by atoms with Crippen LogP contribution in [0.25, 0.3) is 0 Å². The summed E-state index contributed by atoms with van der Waals surface area (Å²) in [5.41, 5.74) is 5.46. The van der Waals surface area contributed by atoms with Crippen LogP contribution in [0.1, 0.15) is 39.5 Å². The first-order chi connectivity index (χ1) is 10.5. The summed E-state index contributed by atoms with van der Waals surface area (Å²) in [7, 11) is 0. The number of nitrogens with one attached hydrogen (secondary N) is 1. The van der Waals surface area contributed by atoms with Gasteiger partial charge in [-0.15, -0.1) is 12.4 Å². The molecule has 1 atom stereocenters. The molecule has 0 aromatic heterocycles. The Morgan fingerprint density at radius 1 is 1.35 bits per heavy atom. The second-order valence-electron chi connectivity index (χ2n) is 6.85. The molecule has 3 N–H and O–H groups in total. The van der Waals surface area contributed by atoms with E-state index in [4.69, 9.17) is 10.5 Å². The summed E-state index contributed by atoms with van der Waals surface area (Å²) in [6.45, 7) is 6.69. The molecular weight excluding hydrogens is 318 g/mol. The molecule has 0 aromatic rings. The molecule has 7 heteroatoms. The van der Waals surface area contributed by atoms with E-state index in [0.717, 1.165) is 19.4 Å². The predicted molar refractivity (Wildman–Crippen MR) is 91.4 cm³/mol. The van der Waals surface area contributed by atoms with Crippen LogP contribution >= 0.6 is 12.4 Å². The van der Waals surface area contributed by atoms with E-state index >= 15 is 0 Å². The first-order valence-electron chi connectivity index (χ1n) is 8.36. The lowest BCUT2D eigenvalue weighted by molar-refractivity contribution is -0.149. The molecule has 2 aliphatic rings. The number of carbonyl (C=O) groups excluding carboxylic acids is 2. The Morgan fingerprint density at radius 3 is 2.57 bits per heavy atom. The standard InChI is InChI=1S/C16H29N3O3.ClH/c1-12(2)14(20)18-13-4-3-7-19(10-13)15(21)16(11-17)5-8-22-9-6-16;/h12-13H,3-11,17H2,1-2H3,(H,18,20);1H. The summed E-state index contributed by atoms with van der Waals surface area (Å²) in [6, 6.07) is 0.0577. The average molecular weight is 348 g/mol. The fraction of sp³-hybridized carbons (Fsp3) is 0.875. The average Bonchev–Trinajstić information content (AvgIpc) is 2.55. The van der Waals surface area contributed by atoms with Gasteiger partial charge in [0.1, 0.15) is 0 Å². The van der Waals surface area contributed by atoms with Crippen molar-refractivity contribution in [2.45, 2.75) is 45.6 Å². The van der Waals surface area contributed by atoms with Crippen molar-refractivity contribution in [2.24, 2.45) is 17.1 Å². The Kier molecular flexibility index (Phi) is 7.77. The molecule has 2 rings (SSSR count). The van der Waals surface area contributed by atoms with Gasteiger partial charge in [0.15, 0.2) is 0 Å². The van der Waals surface area contributed by atoms with Crippen LogP contribution in [0.5, 0.6) is 0 Å². The molecule has 0 bridgehead atoms. The van der Waals surface area contributed by atoms with Crippen LogP contribution in [0.15, 0.2) is 0 Å². The number of piperidine rings is 1. The zero-order valence-corrected chi connectivity index (χ0v) is 15.0. The van der Waals surface area contributed by atoms with Crippen molar-refractivity contribution in [1.82, 2.24) is 10.2 Å². The minimum absolute atomic E-state index is 0. The van der Waals surface area contributed by atoms with Crippen LogP contribution in [-0.2, 0) is 14.3 Å². The molecule has 0 spiro atoms. The lowest BCUT2D eigenvalue weighted by atomic mass is 9.78. The number of hydrogen-bond donors (Lipinski definition) is 2. The van der Waals surface area contributed by atoms with E-state index in [0.29, 0.717) is 39.1 Å². The summed E-state index contributed by atoms with van der Waals surface area (Å²) in [5.74, 6) is 0.164. The Labute approximate surface area is 144 Å². The van der Waals surface area contributed by atoms with E-state index in [2.05, 4.69) is 5.32 Å². The van der Waals surface area contributed by atoms with Gasteiger partial charge in [-0.25, -0.2) is 0 Å². The SMILES string of the molecule is CC(C)C(=O)NC1CCCN(C(=O)C2(CN)CCOCC2)C1.Cl. The fourth-order valence-electron chi connectivity index (χ4n) is 3.25. The highest BCUT2D eigenvalue weighted by molar-refractivity contribution is 5.85. The molecule has 0 radical (unpaired) electrons. The maximum atomic E-state index is 12.9. The molecule has 0 aromatic carbocycles. The highest BCUT2D eigenvalue weighted by Gasteiger charge is 2.42. The van der Waals surface area contributed by atoms with Crippen LogP contribution in [0.4, 0.5) is 0 Å². The summed E-state index contributed by atoms with van der Waals surface area (Å²) < 4.78 is 5.38. The third kappa shape index (κ3) is 4.81. The number of carbonyl (C=O) groups is 2. The van der Waals surface area contributed by atoms with Crippen molar-refractivity contribution in [3.05, 3.63) is 0 Å². The quantitative estimate of drug-likeness (QED) is 0.792. The molecule has 1 unspecified atom stereocenters. The Morgan fingerprint density at radius 2 is 2.00 bits per heavy atom. The molecule has 2 amide bonds. The summed E-state index contributed by atoms with van der Waals surface area (Å²) in [6.07, 6.45) is 3.25. The van der Waals surface area contributed by atoms with E-state index in [-0.39, 0.29) is 36.2 Å². The first-order valence-corrected chi connectivity index (χ1v) is 8.36. The Hall–Kier alpha value is -0.850. The van der Waals surface area contributed by atoms with Gasteiger partial charge in [0, 0.05) is 44.8 Å². The van der Waals surface area contributed by atoms with E-state index in [1.807, 2.05) is 18.7 Å². The van der Waals surface area contributed by atoms with Crippen LogP contribution in [0.3, 0.4) is 0 Å². The summed E-state index contributed by atoms with van der Waals surface area (Å²) in [4.78, 5) is 26.7. The monoisotopic (exact) mass is 347 g/mol. The van der Waals surface area contributed by atoms with Crippen LogP contribution < -0.4 is 11.1 Å². The number of halogens is 1. The first kappa shape index (κ1) is 20.2. The zero-order valence-electron chi connectivity index (χ0n) is 14.2. The van der Waals surface area contributed by atoms with Crippen molar-refractivity contribution in [3.63, 3.8) is 0 Å². The second-order valence-corrected chi connectivity index (χ2v) is 6.85. The van der Waals surface area contributed by atoms with Crippen molar-refractivity contribution in [3.8, 4) is 0 Å². The van der Waals surface area contributed by atoms with Crippen molar-refractivity contribution in [2.75, 3.05) is 32.8 Å². The van der Waals surface area contributed by atoms with Crippen molar-refractivity contribution < 1.29 is 14.3 Å². The molecule has 2 saturated heterocycles. The van der Waals surface area contributed by atoms with E-state index in [1.165, 1.54) is 0 Å².